The Labute approximate surface area is 110 Å². The molecule has 2 rings (SSSR count). The lowest BCUT2D eigenvalue weighted by Gasteiger charge is -2.04. The molecule has 0 aliphatic carbocycles. The van der Waals surface area contributed by atoms with Gasteiger partial charge in [-0.05, 0) is 23.8 Å². The van der Waals surface area contributed by atoms with Gasteiger partial charge in [-0.15, -0.1) is 0 Å². The molecular formula is C12H12N2O4S. The summed E-state index contributed by atoms with van der Waals surface area (Å²) in [5, 5.41) is 10.6. The lowest BCUT2D eigenvalue weighted by atomic mass is 10.1. The summed E-state index contributed by atoms with van der Waals surface area (Å²) < 4.78 is 23.8. The molecular weight excluding hydrogens is 268 g/mol. The van der Waals surface area contributed by atoms with E-state index in [4.69, 9.17) is 0 Å². The van der Waals surface area contributed by atoms with Crippen LogP contribution in [0.5, 0.6) is 0 Å². The van der Waals surface area contributed by atoms with Gasteiger partial charge in [0.05, 0.1) is 21.3 Å². The maximum Gasteiger partial charge on any atom is 0.269 e. The minimum Gasteiger partial charge on any atom is -0.360 e. The van der Waals surface area contributed by atoms with E-state index in [-0.39, 0.29) is 16.3 Å². The minimum atomic E-state index is -3.33. The van der Waals surface area contributed by atoms with E-state index in [0.29, 0.717) is 11.3 Å². The first kappa shape index (κ1) is 13.3. The summed E-state index contributed by atoms with van der Waals surface area (Å²) in [6.45, 7) is 1.57. The topological polar surface area (TPSA) is 93.1 Å². The molecule has 0 aliphatic rings. The molecule has 0 saturated heterocycles. The first-order chi connectivity index (χ1) is 8.95. The number of hydrogen-bond acceptors (Lipinski definition) is 4. The van der Waals surface area contributed by atoms with Crippen LogP contribution in [0, 0.1) is 10.1 Å². The zero-order valence-corrected chi connectivity index (χ0v) is 11.0. The smallest absolute Gasteiger partial charge is 0.269 e. The molecule has 1 aromatic heterocycles. The molecule has 1 heterocycles. The molecule has 6 nitrogen and oxygen atoms in total. The number of nitro groups is 1. The third-order valence-electron chi connectivity index (χ3n) is 2.79. The Morgan fingerprint density at radius 1 is 1.21 bits per heavy atom. The highest BCUT2D eigenvalue weighted by atomic mass is 32.2. The Hall–Kier alpha value is -2.15. The van der Waals surface area contributed by atoms with Gasteiger partial charge in [0.15, 0.2) is 9.84 Å². The molecule has 0 bridgehead atoms. The lowest BCUT2D eigenvalue weighted by Crippen LogP contribution is -2.04. The van der Waals surface area contributed by atoms with Crippen molar-refractivity contribution >= 4 is 15.5 Å². The number of nitrogens with zero attached hydrogens (tertiary/aromatic N) is 1. The Morgan fingerprint density at radius 2 is 1.84 bits per heavy atom. The molecule has 100 valence electrons. The molecule has 0 saturated carbocycles. The molecule has 7 heteroatoms. The van der Waals surface area contributed by atoms with Crippen molar-refractivity contribution in [1.82, 2.24) is 4.98 Å². The molecule has 0 amide bonds. The monoisotopic (exact) mass is 280 g/mol. The maximum absolute atomic E-state index is 11.9. The predicted octanol–water partition coefficient (Wildman–Crippen LogP) is 2.38. The molecule has 19 heavy (non-hydrogen) atoms. The fourth-order valence-corrected chi connectivity index (χ4v) is 2.82. The average molecular weight is 280 g/mol. The number of H-pyrrole nitrogens is 1. The molecule has 0 unspecified atom stereocenters. The van der Waals surface area contributed by atoms with Crippen molar-refractivity contribution in [2.75, 3.05) is 5.75 Å². The quantitative estimate of drug-likeness (QED) is 0.687. The SMILES string of the molecule is CCS(=O)(=O)c1cc[nH]c1-c1ccc([N+](=O)[O-])cc1. The molecule has 0 fully saturated rings. The summed E-state index contributed by atoms with van der Waals surface area (Å²) in [7, 11) is -3.33. The van der Waals surface area contributed by atoms with Gasteiger partial charge < -0.3 is 4.98 Å². The van der Waals surface area contributed by atoms with Crippen molar-refractivity contribution in [1.29, 1.82) is 0 Å². The third-order valence-corrected chi connectivity index (χ3v) is 4.56. The second-order valence-electron chi connectivity index (χ2n) is 3.92. The zero-order chi connectivity index (χ0) is 14.0. The Balaban J connectivity index is 2.49. The molecule has 1 N–H and O–H groups in total. The van der Waals surface area contributed by atoms with Crippen molar-refractivity contribution in [3.05, 3.63) is 46.6 Å². The van der Waals surface area contributed by atoms with E-state index in [9.17, 15) is 18.5 Å². The van der Waals surface area contributed by atoms with Gasteiger partial charge in [0.1, 0.15) is 0 Å². The minimum absolute atomic E-state index is 0.00480. The van der Waals surface area contributed by atoms with Crippen LogP contribution in [0.25, 0.3) is 11.3 Å². The number of non-ortho nitro benzene ring substituents is 1. The molecule has 0 radical (unpaired) electrons. The van der Waals surface area contributed by atoms with Crippen LogP contribution in [0.15, 0.2) is 41.4 Å². The van der Waals surface area contributed by atoms with Gasteiger partial charge in [-0.1, -0.05) is 6.92 Å². The predicted molar refractivity (Wildman–Crippen MR) is 70.6 cm³/mol. The van der Waals surface area contributed by atoms with Crippen LogP contribution in [0.2, 0.25) is 0 Å². The highest BCUT2D eigenvalue weighted by molar-refractivity contribution is 7.91. The van der Waals surface area contributed by atoms with Crippen molar-refractivity contribution in [2.24, 2.45) is 0 Å². The maximum atomic E-state index is 11.9. The average Bonchev–Trinajstić information content (AvgIpc) is 2.89. The number of aromatic nitrogens is 1. The van der Waals surface area contributed by atoms with Crippen LogP contribution >= 0.6 is 0 Å². The number of nitro benzene ring substituents is 1. The summed E-state index contributed by atoms with van der Waals surface area (Å²) in [5.74, 6) is 0.00480. The first-order valence-corrected chi connectivity index (χ1v) is 7.26. The summed E-state index contributed by atoms with van der Waals surface area (Å²) in [4.78, 5) is 13.1. The number of sulfone groups is 1. The normalized spacial score (nSPS) is 11.4. The van der Waals surface area contributed by atoms with Gasteiger partial charge in [-0.25, -0.2) is 8.42 Å². The van der Waals surface area contributed by atoms with E-state index in [0.717, 1.165) is 0 Å². The Kier molecular flexibility index (Phi) is 3.39. The van der Waals surface area contributed by atoms with Crippen molar-refractivity contribution in [3.8, 4) is 11.3 Å². The van der Waals surface area contributed by atoms with Crippen molar-refractivity contribution in [2.45, 2.75) is 11.8 Å². The number of benzene rings is 1. The van der Waals surface area contributed by atoms with Crippen LogP contribution in [-0.2, 0) is 9.84 Å². The second-order valence-corrected chi connectivity index (χ2v) is 6.17. The summed E-state index contributed by atoms with van der Waals surface area (Å²) in [5.41, 5.74) is 1.02. The molecule has 1 aromatic carbocycles. The van der Waals surface area contributed by atoms with Gasteiger partial charge in [0.25, 0.3) is 5.69 Å². The van der Waals surface area contributed by atoms with E-state index in [1.807, 2.05) is 0 Å². The van der Waals surface area contributed by atoms with E-state index in [1.54, 1.807) is 13.1 Å². The van der Waals surface area contributed by atoms with E-state index >= 15 is 0 Å². The standard InChI is InChI=1S/C12H12N2O4S/c1-2-19(17,18)11-7-8-13-12(11)9-3-5-10(6-4-9)14(15)16/h3-8,13H,2H2,1H3. The van der Waals surface area contributed by atoms with Crippen LogP contribution in [0.4, 0.5) is 5.69 Å². The summed E-state index contributed by atoms with van der Waals surface area (Å²) in [6, 6.07) is 7.24. The van der Waals surface area contributed by atoms with E-state index < -0.39 is 14.8 Å². The summed E-state index contributed by atoms with van der Waals surface area (Å²) in [6.07, 6.45) is 1.54. The Bertz CT molecular complexity index is 702. The van der Waals surface area contributed by atoms with E-state index in [1.165, 1.54) is 30.3 Å². The van der Waals surface area contributed by atoms with Crippen LogP contribution < -0.4 is 0 Å². The van der Waals surface area contributed by atoms with Gasteiger partial charge in [0, 0.05) is 18.3 Å². The lowest BCUT2D eigenvalue weighted by molar-refractivity contribution is -0.384. The van der Waals surface area contributed by atoms with Gasteiger partial charge in [-0.2, -0.15) is 0 Å². The fourth-order valence-electron chi connectivity index (χ4n) is 1.75. The van der Waals surface area contributed by atoms with E-state index in [2.05, 4.69) is 4.98 Å². The fraction of sp³-hybridized carbons (Fsp3) is 0.167. The number of nitrogens with one attached hydrogen (secondary N) is 1. The second kappa shape index (κ2) is 4.85. The van der Waals surface area contributed by atoms with Crippen molar-refractivity contribution in [3.63, 3.8) is 0 Å². The van der Waals surface area contributed by atoms with Gasteiger partial charge >= 0.3 is 0 Å². The largest absolute Gasteiger partial charge is 0.360 e. The summed E-state index contributed by atoms with van der Waals surface area (Å²) >= 11 is 0. The number of rotatable bonds is 4. The molecule has 0 aliphatic heterocycles. The highest BCUT2D eigenvalue weighted by Crippen LogP contribution is 2.28. The number of hydrogen-bond donors (Lipinski definition) is 1. The Morgan fingerprint density at radius 3 is 2.37 bits per heavy atom. The van der Waals surface area contributed by atoms with Crippen LogP contribution in [-0.4, -0.2) is 24.1 Å². The first-order valence-electron chi connectivity index (χ1n) is 5.60. The van der Waals surface area contributed by atoms with Gasteiger partial charge in [-0.3, -0.25) is 10.1 Å². The zero-order valence-electron chi connectivity index (χ0n) is 10.2. The molecule has 0 spiro atoms. The van der Waals surface area contributed by atoms with Gasteiger partial charge in [0.2, 0.25) is 0 Å². The van der Waals surface area contributed by atoms with Crippen LogP contribution in [0.3, 0.4) is 0 Å². The molecule has 2 aromatic rings. The van der Waals surface area contributed by atoms with Crippen LogP contribution in [0.1, 0.15) is 6.92 Å². The highest BCUT2D eigenvalue weighted by Gasteiger charge is 2.19. The molecule has 0 atom stereocenters. The van der Waals surface area contributed by atoms with Crippen molar-refractivity contribution < 1.29 is 13.3 Å². The number of aromatic amines is 1. The third kappa shape index (κ3) is 2.50.